The van der Waals surface area contributed by atoms with Crippen LogP contribution in [0.4, 0.5) is 0 Å². The van der Waals surface area contributed by atoms with E-state index in [1.807, 2.05) is 52.0 Å². The third-order valence-electron chi connectivity index (χ3n) is 10.2. The second-order valence-corrected chi connectivity index (χ2v) is 13.7. The summed E-state index contributed by atoms with van der Waals surface area (Å²) in [6.07, 6.45) is 2.33. The molecule has 2 aliphatic rings. The first-order chi connectivity index (χ1) is 26.9. The molecule has 0 saturated carbocycles. The van der Waals surface area contributed by atoms with Crippen LogP contribution in [-0.2, 0) is 71.4 Å². The molecule has 0 atom stereocenters. The fourth-order valence-electron chi connectivity index (χ4n) is 7.17. The molecule has 0 saturated heterocycles. The van der Waals surface area contributed by atoms with E-state index in [1.165, 1.54) is 0 Å². The van der Waals surface area contributed by atoms with Crippen molar-refractivity contribution in [2.24, 2.45) is 0 Å². The van der Waals surface area contributed by atoms with Gasteiger partial charge in [0.25, 0.3) is 0 Å². The predicted molar refractivity (Wildman–Crippen MR) is 215 cm³/mol. The molecule has 3 aromatic rings. The summed E-state index contributed by atoms with van der Waals surface area (Å²) < 4.78 is 21.0. The number of hydrogen-bond acceptors (Lipinski definition) is 10. The third kappa shape index (κ3) is 10.8. The fraction of sp³-hybridized carbons (Fsp3) is 0.455. The van der Waals surface area contributed by atoms with Gasteiger partial charge in [-0.15, -0.1) is 22.1 Å². The molecule has 5 heterocycles. The molecular weight excluding hydrogens is 819 g/mol. The number of hydrogen-bond donors (Lipinski definition) is 0. The Balaban J connectivity index is 0.00000720. The van der Waals surface area contributed by atoms with Crippen LogP contribution < -0.4 is 9.97 Å². The van der Waals surface area contributed by atoms with Crippen molar-refractivity contribution >= 4 is 68.2 Å². The van der Waals surface area contributed by atoms with Crippen LogP contribution in [0.3, 0.4) is 0 Å². The number of ether oxygens (including phenoxy) is 4. The Bertz CT molecular complexity index is 2090. The molecule has 306 valence electrons. The van der Waals surface area contributed by atoms with Crippen molar-refractivity contribution in [3.8, 4) is 0 Å². The number of aryl methyl sites for hydroxylation is 4. The summed E-state index contributed by atoms with van der Waals surface area (Å²) in [5.41, 5.74) is 12.5. The van der Waals surface area contributed by atoms with E-state index >= 15 is 0 Å². The van der Waals surface area contributed by atoms with E-state index in [4.69, 9.17) is 38.9 Å². The minimum atomic E-state index is -0.295. The van der Waals surface area contributed by atoms with Crippen LogP contribution in [0, 0.1) is 13.8 Å². The minimum absolute atomic E-state index is 0. The average Bonchev–Trinajstić information content (AvgIpc) is 3.81. The van der Waals surface area contributed by atoms with Crippen LogP contribution in [-0.4, -0.2) is 60.3 Å². The third-order valence-corrected chi connectivity index (χ3v) is 10.2. The first-order valence-corrected chi connectivity index (χ1v) is 19.5. The molecule has 2 aliphatic heterocycles. The summed E-state index contributed by atoms with van der Waals surface area (Å²) in [6.45, 7) is 16.2. The maximum Gasteiger partial charge on any atom is 2.00 e. The molecule has 0 spiro atoms. The maximum absolute atomic E-state index is 12.6. The molecule has 0 unspecified atom stereocenters. The monoisotopic (exact) mass is 870 g/mol. The molecular formula is C44H52N4O8Pd. The molecule has 0 N–H and O–H groups in total. The van der Waals surface area contributed by atoms with Crippen molar-refractivity contribution in [1.29, 1.82) is 0 Å². The van der Waals surface area contributed by atoms with E-state index in [9.17, 15) is 19.2 Å². The van der Waals surface area contributed by atoms with E-state index in [0.29, 0.717) is 97.0 Å². The molecule has 0 radical (unpaired) electrons. The molecule has 57 heavy (non-hydrogen) atoms. The van der Waals surface area contributed by atoms with Gasteiger partial charge in [-0.1, -0.05) is 46.5 Å². The fourth-order valence-corrected chi connectivity index (χ4v) is 7.17. The summed E-state index contributed by atoms with van der Waals surface area (Å²) in [4.78, 5) is 70.6. The Hall–Kier alpha value is -4.86. The molecule has 5 rings (SSSR count). The normalized spacial score (nSPS) is 12.4. The van der Waals surface area contributed by atoms with Crippen molar-refractivity contribution in [2.75, 3.05) is 26.4 Å². The van der Waals surface area contributed by atoms with Crippen LogP contribution in [0.15, 0.2) is 24.3 Å². The molecule has 0 fully saturated rings. The van der Waals surface area contributed by atoms with Gasteiger partial charge in [0.2, 0.25) is 0 Å². The van der Waals surface area contributed by atoms with E-state index in [1.54, 1.807) is 27.7 Å². The molecule has 13 heteroatoms. The second kappa shape index (κ2) is 20.5. The van der Waals surface area contributed by atoms with Gasteiger partial charge in [-0.25, -0.2) is 9.97 Å². The van der Waals surface area contributed by atoms with Gasteiger partial charge in [0, 0.05) is 25.7 Å². The van der Waals surface area contributed by atoms with Gasteiger partial charge in [0.15, 0.2) is 0 Å². The zero-order valence-electron chi connectivity index (χ0n) is 34.2. The summed E-state index contributed by atoms with van der Waals surface area (Å²) in [6, 6.07) is 7.74. The van der Waals surface area contributed by atoms with Gasteiger partial charge in [0.05, 0.1) is 49.2 Å². The maximum atomic E-state index is 12.6. The van der Waals surface area contributed by atoms with Crippen LogP contribution in [0.2, 0.25) is 0 Å². The van der Waals surface area contributed by atoms with Crippen molar-refractivity contribution in [3.63, 3.8) is 0 Å². The van der Waals surface area contributed by atoms with Gasteiger partial charge in [-0.3, -0.25) is 19.2 Å². The predicted octanol–water partition coefficient (Wildman–Crippen LogP) is 7.73. The number of carbonyl (C=O) groups excluding carboxylic acids is 4. The van der Waals surface area contributed by atoms with E-state index < -0.39 is 0 Å². The molecule has 8 bridgehead atoms. The van der Waals surface area contributed by atoms with E-state index in [-0.39, 0.29) is 70.0 Å². The molecule has 0 amide bonds. The quantitative estimate of drug-likeness (QED) is 0.0785. The van der Waals surface area contributed by atoms with Crippen LogP contribution in [0.1, 0.15) is 125 Å². The van der Waals surface area contributed by atoms with Gasteiger partial charge in [-0.05, 0) is 103 Å². The summed E-state index contributed by atoms with van der Waals surface area (Å²) in [7, 11) is 0. The van der Waals surface area contributed by atoms with Crippen molar-refractivity contribution < 1.29 is 58.5 Å². The summed E-state index contributed by atoms with van der Waals surface area (Å²) in [5.74, 6) is -1.18. The number of nitrogens with zero attached hydrogens (tertiary/aromatic N) is 4. The Labute approximate surface area is 347 Å². The number of allylic oxidation sites excluding steroid dienone is 4. The van der Waals surface area contributed by atoms with Crippen molar-refractivity contribution in [2.45, 2.75) is 107 Å². The van der Waals surface area contributed by atoms with Crippen LogP contribution in [0.5, 0.6) is 0 Å². The van der Waals surface area contributed by atoms with Crippen LogP contribution in [0.25, 0.3) is 44.4 Å². The average molecular weight is 871 g/mol. The van der Waals surface area contributed by atoms with Gasteiger partial charge < -0.3 is 28.9 Å². The summed E-state index contributed by atoms with van der Waals surface area (Å²) >= 11 is 0. The SMILES string of the molecule is CCOC(=O)CCC1=C(C)c2cc3[n-]c(cc4nc(cc5[n-]c(cc1n2)c(C)c5CCC(=O)OCC)C(C)=C4CCC(=O)OCC)c(C)c3CCC(=O)OCC.[Pd+2]. The number of esters is 4. The Morgan fingerprint density at radius 2 is 0.772 bits per heavy atom. The number of rotatable bonds is 16. The summed E-state index contributed by atoms with van der Waals surface area (Å²) in [5, 5.41) is 0. The smallest absolute Gasteiger partial charge is 0.657 e. The second-order valence-electron chi connectivity index (χ2n) is 13.7. The van der Waals surface area contributed by atoms with Crippen LogP contribution >= 0.6 is 0 Å². The first kappa shape index (κ1) is 44.9. The number of aromatic nitrogens is 4. The van der Waals surface area contributed by atoms with Gasteiger partial charge >= 0.3 is 44.3 Å². The van der Waals surface area contributed by atoms with E-state index in [0.717, 1.165) is 44.5 Å². The molecule has 0 aliphatic carbocycles. The Morgan fingerprint density at radius 1 is 0.474 bits per heavy atom. The standard InChI is InChI=1S/C44H52N4O8.Pd/c1-9-53-41(49)17-13-29-25(5)33-22-38-31(15-19-43(51)55-11-3)27(7)35(47-38)24-40-32(16-20-44(52)56-12-4)28(8)36(48-40)23-39-30(14-18-42(50)54-10-2)26(6)34(46-39)21-37(29)45-33;/h21-24H,9-20H2,1-8H3;/q-2;+2. The zero-order chi connectivity index (χ0) is 40.5. The first-order valence-electron chi connectivity index (χ1n) is 19.5. The Kier molecular flexibility index (Phi) is 16.2. The van der Waals surface area contributed by atoms with E-state index in [2.05, 4.69) is 0 Å². The van der Waals surface area contributed by atoms with Gasteiger partial charge in [-0.2, -0.15) is 0 Å². The van der Waals surface area contributed by atoms with Crippen molar-refractivity contribution in [1.82, 2.24) is 19.9 Å². The molecule has 12 nitrogen and oxygen atoms in total. The minimum Gasteiger partial charge on any atom is -0.657 e. The van der Waals surface area contributed by atoms with Crippen molar-refractivity contribution in [3.05, 3.63) is 69.3 Å². The largest absolute Gasteiger partial charge is 2.00 e. The topological polar surface area (TPSA) is 159 Å². The zero-order valence-corrected chi connectivity index (χ0v) is 35.7. The van der Waals surface area contributed by atoms with Gasteiger partial charge in [0.1, 0.15) is 0 Å². The number of fused-ring (bicyclic) bond motifs is 8. The molecule has 3 aromatic heterocycles. The molecule has 0 aromatic carbocycles. The Morgan fingerprint density at radius 3 is 1.09 bits per heavy atom. The number of carbonyl (C=O) groups is 4.